The molecule has 5 heteroatoms. The van der Waals surface area contributed by atoms with E-state index in [1.807, 2.05) is 24.3 Å². The molecule has 2 rings (SSSR count). The van der Waals surface area contributed by atoms with Gasteiger partial charge in [-0.3, -0.25) is 0 Å². The third-order valence-corrected chi connectivity index (χ3v) is 3.01. The second kappa shape index (κ2) is 7.31. The van der Waals surface area contributed by atoms with Crippen molar-refractivity contribution < 1.29 is 14.6 Å². The van der Waals surface area contributed by atoms with Gasteiger partial charge in [-0.15, -0.1) is 0 Å². The predicted molar refractivity (Wildman–Crippen MR) is 81.2 cm³/mol. The molecule has 0 aliphatic carbocycles. The standard InChI is InChI=1S/C16H18N2O3/c1-21-15-8-4-12(5-9-15)10-17-16(20)18-14-6-2-13(11-19)3-7-14/h2-9,19H,10-11H2,1H3,(H2,17,18,20). The fourth-order valence-electron chi connectivity index (χ4n) is 1.79. The lowest BCUT2D eigenvalue weighted by atomic mass is 10.2. The van der Waals surface area contributed by atoms with E-state index in [1.54, 1.807) is 31.4 Å². The quantitative estimate of drug-likeness (QED) is 0.791. The van der Waals surface area contributed by atoms with Crippen LogP contribution in [0.5, 0.6) is 5.75 Å². The molecule has 0 bridgehead atoms. The number of anilines is 1. The number of hydrogen-bond acceptors (Lipinski definition) is 3. The average Bonchev–Trinajstić information content (AvgIpc) is 2.54. The zero-order valence-corrected chi connectivity index (χ0v) is 11.8. The Kier molecular flexibility index (Phi) is 5.17. The monoisotopic (exact) mass is 286 g/mol. The Bertz CT molecular complexity index is 579. The normalized spacial score (nSPS) is 10.0. The molecule has 0 fully saturated rings. The van der Waals surface area contributed by atoms with Crippen molar-refractivity contribution >= 4 is 11.7 Å². The second-order valence-electron chi connectivity index (χ2n) is 4.51. The summed E-state index contributed by atoms with van der Waals surface area (Å²) in [6.45, 7) is 0.425. The molecule has 2 aromatic rings. The van der Waals surface area contributed by atoms with E-state index in [2.05, 4.69) is 10.6 Å². The van der Waals surface area contributed by atoms with E-state index in [-0.39, 0.29) is 12.6 Å². The SMILES string of the molecule is COc1ccc(CNC(=O)Nc2ccc(CO)cc2)cc1. The summed E-state index contributed by atoms with van der Waals surface area (Å²) in [5.74, 6) is 0.784. The first-order valence-corrected chi connectivity index (χ1v) is 6.59. The van der Waals surface area contributed by atoms with E-state index in [9.17, 15) is 4.79 Å². The summed E-state index contributed by atoms with van der Waals surface area (Å²) < 4.78 is 5.08. The summed E-state index contributed by atoms with van der Waals surface area (Å²) in [7, 11) is 1.61. The number of aliphatic hydroxyl groups is 1. The van der Waals surface area contributed by atoms with Crippen molar-refractivity contribution in [3.63, 3.8) is 0 Å². The first-order valence-electron chi connectivity index (χ1n) is 6.59. The van der Waals surface area contributed by atoms with Gasteiger partial charge in [0.25, 0.3) is 0 Å². The Labute approximate surface area is 123 Å². The molecular formula is C16H18N2O3. The number of hydrogen-bond donors (Lipinski definition) is 3. The van der Waals surface area contributed by atoms with Gasteiger partial charge < -0.3 is 20.5 Å². The number of aliphatic hydroxyl groups excluding tert-OH is 1. The van der Waals surface area contributed by atoms with Gasteiger partial charge in [-0.05, 0) is 35.4 Å². The zero-order chi connectivity index (χ0) is 15.1. The maximum absolute atomic E-state index is 11.8. The summed E-state index contributed by atoms with van der Waals surface area (Å²) in [5.41, 5.74) is 2.47. The Morgan fingerprint density at radius 2 is 1.67 bits per heavy atom. The molecule has 0 saturated carbocycles. The number of methoxy groups -OCH3 is 1. The molecule has 0 unspecified atom stereocenters. The number of benzene rings is 2. The van der Waals surface area contributed by atoms with Crippen LogP contribution in [0.2, 0.25) is 0 Å². The highest BCUT2D eigenvalue weighted by molar-refractivity contribution is 5.89. The third-order valence-electron chi connectivity index (χ3n) is 3.01. The van der Waals surface area contributed by atoms with Crippen LogP contribution in [0.25, 0.3) is 0 Å². The largest absolute Gasteiger partial charge is 0.497 e. The highest BCUT2D eigenvalue weighted by Gasteiger charge is 2.02. The van der Waals surface area contributed by atoms with Gasteiger partial charge in [0.05, 0.1) is 13.7 Å². The molecular weight excluding hydrogens is 268 g/mol. The highest BCUT2D eigenvalue weighted by Crippen LogP contribution is 2.11. The van der Waals surface area contributed by atoms with Crippen molar-refractivity contribution in [3.05, 3.63) is 59.7 Å². The molecule has 0 radical (unpaired) electrons. The van der Waals surface area contributed by atoms with Crippen molar-refractivity contribution in [1.29, 1.82) is 0 Å². The van der Waals surface area contributed by atoms with Crippen LogP contribution in [0.1, 0.15) is 11.1 Å². The molecule has 0 aliphatic heterocycles. The maximum atomic E-state index is 11.8. The van der Waals surface area contributed by atoms with Crippen molar-refractivity contribution in [2.45, 2.75) is 13.2 Å². The number of rotatable bonds is 5. The highest BCUT2D eigenvalue weighted by atomic mass is 16.5. The fraction of sp³-hybridized carbons (Fsp3) is 0.188. The van der Waals surface area contributed by atoms with Crippen molar-refractivity contribution in [2.24, 2.45) is 0 Å². The minimum Gasteiger partial charge on any atom is -0.497 e. The van der Waals surface area contributed by atoms with Gasteiger partial charge in [0, 0.05) is 12.2 Å². The zero-order valence-electron chi connectivity index (χ0n) is 11.8. The minimum atomic E-state index is -0.275. The molecule has 3 N–H and O–H groups in total. The molecule has 110 valence electrons. The number of ether oxygens (including phenoxy) is 1. The third kappa shape index (κ3) is 4.50. The summed E-state index contributed by atoms with van der Waals surface area (Å²) >= 11 is 0. The summed E-state index contributed by atoms with van der Waals surface area (Å²) in [6, 6.07) is 14.2. The van der Waals surface area contributed by atoms with Gasteiger partial charge in [-0.2, -0.15) is 0 Å². The van der Waals surface area contributed by atoms with Gasteiger partial charge >= 0.3 is 6.03 Å². The lowest BCUT2D eigenvalue weighted by molar-refractivity contribution is 0.251. The van der Waals surface area contributed by atoms with E-state index in [0.29, 0.717) is 12.2 Å². The molecule has 0 aromatic heterocycles. The first-order chi connectivity index (χ1) is 10.2. The van der Waals surface area contributed by atoms with Gasteiger partial charge in [0.2, 0.25) is 0 Å². The predicted octanol–water partition coefficient (Wildman–Crippen LogP) is 2.51. The summed E-state index contributed by atoms with van der Waals surface area (Å²) in [6.07, 6.45) is 0. The Morgan fingerprint density at radius 1 is 1.05 bits per heavy atom. The van der Waals surface area contributed by atoms with Gasteiger partial charge in [-0.1, -0.05) is 24.3 Å². The Morgan fingerprint density at radius 3 is 2.24 bits per heavy atom. The minimum absolute atomic E-state index is 0.00997. The average molecular weight is 286 g/mol. The van der Waals surface area contributed by atoms with E-state index in [1.165, 1.54) is 0 Å². The fourth-order valence-corrected chi connectivity index (χ4v) is 1.79. The van der Waals surface area contributed by atoms with Crippen LogP contribution in [0, 0.1) is 0 Å². The summed E-state index contributed by atoms with van der Waals surface area (Å²) in [4.78, 5) is 11.8. The van der Waals surface area contributed by atoms with Gasteiger partial charge in [0.15, 0.2) is 0 Å². The maximum Gasteiger partial charge on any atom is 0.319 e. The van der Waals surface area contributed by atoms with E-state index in [4.69, 9.17) is 9.84 Å². The van der Waals surface area contributed by atoms with Gasteiger partial charge in [0.1, 0.15) is 5.75 Å². The van der Waals surface area contributed by atoms with Crippen LogP contribution in [-0.2, 0) is 13.2 Å². The first kappa shape index (κ1) is 14.9. The smallest absolute Gasteiger partial charge is 0.319 e. The van der Waals surface area contributed by atoms with E-state index < -0.39 is 0 Å². The van der Waals surface area contributed by atoms with Crippen molar-refractivity contribution in [1.82, 2.24) is 5.32 Å². The summed E-state index contributed by atoms with van der Waals surface area (Å²) in [5, 5.41) is 14.5. The van der Waals surface area contributed by atoms with Crippen LogP contribution < -0.4 is 15.4 Å². The molecule has 5 nitrogen and oxygen atoms in total. The number of carbonyl (C=O) groups excluding carboxylic acids is 1. The lowest BCUT2D eigenvalue weighted by Gasteiger charge is -2.08. The van der Waals surface area contributed by atoms with Gasteiger partial charge in [-0.25, -0.2) is 4.79 Å². The molecule has 0 spiro atoms. The van der Waals surface area contributed by atoms with E-state index in [0.717, 1.165) is 16.9 Å². The van der Waals surface area contributed by atoms with Crippen LogP contribution in [0.4, 0.5) is 10.5 Å². The van der Waals surface area contributed by atoms with Crippen molar-refractivity contribution in [3.8, 4) is 5.75 Å². The topological polar surface area (TPSA) is 70.6 Å². The van der Waals surface area contributed by atoms with Crippen LogP contribution >= 0.6 is 0 Å². The van der Waals surface area contributed by atoms with Crippen LogP contribution in [0.15, 0.2) is 48.5 Å². The molecule has 0 heterocycles. The number of amides is 2. The number of carbonyl (C=O) groups is 1. The Balaban J connectivity index is 1.83. The molecule has 2 aromatic carbocycles. The lowest BCUT2D eigenvalue weighted by Crippen LogP contribution is -2.28. The van der Waals surface area contributed by atoms with Crippen molar-refractivity contribution in [2.75, 3.05) is 12.4 Å². The molecule has 2 amide bonds. The Hall–Kier alpha value is -2.53. The molecule has 0 atom stereocenters. The molecule has 0 saturated heterocycles. The number of urea groups is 1. The molecule has 0 aliphatic rings. The van der Waals surface area contributed by atoms with Crippen LogP contribution in [0.3, 0.4) is 0 Å². The molecule has 21 heavy (non-hydrogen) atoms. The van der Waals surface area contributed by atoms with E-state index >= 15 is 0 Å². The number of nitrogens with one attached hydrogen (secondary N) is 2. The second-order valence-corrected chi connectivity index (χ2v) is 4.51. The van der Waals surface area contributed by atoms with Crippen LogP contribution in [-0.4, -0.2) is 18.2 Å².